The maximum absolute atomic E-state index is 14.2. The Balaban J connectivity index is 1.46. The van der Waals surface area contributed by atoms with Crippen LogP contribution in [0.2, 0.25) is 5.02 Å². The molecule has 194 valence electrons. The second kappa shape index (κ2) is 11.6. The van der Waals surface area contributed by atoms with E-state index in [1.165, 1.54) is 0 Å². The van der Waals surface area contributed by atoms with Crippen molar-refractivity contribution < 1.29 is 9.59 Å². The van der Waals surface area contributed by atoms with Gasteiger partial charge >= 0.3 is 6.03 Å². The molecule has 6 nitrogen and oxygen atoms in total. The van der Waals surface area contributed by atoms with Crippen LogP contribution in [0.4, 0.5) is 10.5 Å². The Hall–Kier alpha value is -4.03. The molecule has 1 atom stereocenters. The lowest BCUT2D eigenvalue weighted by Gasteiger charge is -2.39. The van der Waals surface area contributed by atoms with Gasteiger partial charge in [-0.2, -0.15) is 0 Å². The fraction of sp³-hybridized carbons (Fsp3) is 0.226. The molecule has 1 unspecified atom stereocenters. The molecule has 3 aromatic carbocycles. The highest BCUT2D eigenvalue weighted by Gasteiger charge is 2.36. The number of urea groups is 1. The molecule has 0 saturated carbocycles. The molecule has 0 aliphatic carbocycles. The number of rotatable bonds is 8. The fourth-order valence-corrected chi connectivity index (χ4v) is 5.07. The van der Waals surface area contributed by atoms with Crippen LogP contribution in [0, 0.1) is 0 Å². The Morgan fingerprint density at radius 1 is 0.895 bits per heavy atom. The Kier molecular flexibility index (Phi) is 7.80. The minimum Gasteiger partial charge on any atom is -0.334 e. The first-order valence-corrected chi connectivity index (χ1v) is 13.4. The van der Waals surface area contributed by atoms with Crippen LogP contribution in [0.1, 0.15) is 42.6 Å². The van der Waals surface area contributed by atoms with E-state index in [1.807, 2.05) is 102 Å². The monoisotopic (exact) mass is 526 g/mol. The average molecular weight is 527 g/mol. The molecule has 0 fully saturated rings. The van der Waals surface area contributed by atoms with E-state index < -0.39 is 0 Å². The van der Waals surface area contributed by atoms with Crippen molar-refractivity contribution in [2.75, 3.05) is 18.0 Å². The molecule has 38 heavy (non-hydrogen) atoms. The van der Waals surface area contributed by atoms with Crippen LogP contribution in [0.5, 0.6) is 0 Å². The summed E-state index contributed by atoms with van der Waals surface area (Å²) in [6, 6.07) is 28.7. The van der Waals surface area contributed by atoms with E-state index in [9.17, 15) is 9.59 Å². The van der Waals surface area contributed by atoms with E-state index in [0.717, 1.165) is 41.0 Å². The van der Waals surface area contributed by atoms with Gasteiger partial charge in [-0.25, -0.2) is 4.79 Å². The summed E-state index contributed by atoms with van der Waals surface area (Å²) in [7, 11) is 0. The molecule has 1 N–H and O–H groups in total. The van der Waals surface area contributed by atoms with E-state index >= 15 is 0 Å². The number of hydrogen-bond donors (Lipinski definition) is 1. The maximum Gasteiger partial charge on any atom is 0.318 e. The van der Waals surface area contributed by atoms with E-state index in [1.54, 1.807) is 4.90 Å². The summed E-state index contributed by atoms with van der Waals surface area (Å²) < 4.78 is 2.12. The molecule has 5 rings (SSSR count). The van der Waals surface area contributed by atoms with Crippen molar-refractivity contribution in [3.05, 3.63) is 119 Å². The molecule has 4 aromatic rings. The van der Waals surface area contributed by atoms with Gasteiger partial charge in [0.15, 0.2) is 0 Å². The summed E-state index contributed by atoms with van der Waals surface area (Å²) in [6.45, 7) is 2.96. The van der Waals surface area contributed by atoms with Gasteiger partial charge in [-0.05, 0) is 53.9 Å². The van der Waals surface area contributed by atoms with E-state index in [4.69, 9.17) is 11.6 Å². The lowest BCUT2D eigenvalue weighted by Crippen LogP contribution is -2.49. The summed E-state index contributed by atoms with van der Waals surface area (Å²) in [5.74, 6) is -0.143. The smallest absolute Gasteiger partial charge is 0.318 e. The molecule has 0 spiro atoms. The van der Waals surface area contributed by atoms with Crippen molar-refractivity contribution in [2.24, 2.45) is 0 Å². The summed E-state index contributed by atoms with van der Waals surface area (Å²) in [4.78, 5) is 30.9. The van der Waals surface area contributed by atoms with Gasteiger partial charge in [0, 0.05) is 24.3 Å². The first kappa shape index (κ1) is 25.6. The third kappa shape index (κ3) is 5.31. The van der Waals surface area contributed by atoms with Crippen LogP contribution >= 0.6 is 11.6 Å². The Morgan fingerprint density at radius 2 is 1.61 bits per heavy atom. The average Bonchev–Trinajstić information content (AvgIpc) is 3.44. The third-order valence-corrected chi connectivity index (χ3v) is 7.11. The lowest BCUT2D eigenvalue weighted by molar-refractivity contribution is -0.119. The van der Waals surface area contributed by atoms with Crippen LogP contribution in [0.3, 0.4) is 0 Å². The Bertz CT molecular complexity index is 1400. The number of hydrogen-bond acceptors (Lipinski definition) is 2. The van der Waals surface area contributed by atoms with Crippen LogP contribution in [-0.2, 0) is 11.3 Å². The maximum atomic E-state index is 14.2. The molecular weight excluding hydrogens is 496 g/mol. The second-order valence-corrected chi connectivity index (χ2v) is 9.87. The number of nitrogens with one attached hydrogen (secondary N) is 1. The fourth-order valence-electron chi connectivity index (χ4n) is 4.95. The number of benzene rings is 3. The number of carbonyl (C=O) groups is 2. The number of anilines is 1. The molecule has 0 bridgehead atoms. The summed E-state index contributed by atoms with van der Waals surface area (Å²) >= 11 is 6.20. The Labute approximate surface area is 228 Å². The zero-order valence-corrected chi connectivity index (χ0v) is 22.1. The summed E-state index contributed by atoms with van der Waals surface area (Å²) in [6.07, 6.45) is 3.75. The molecular formula is C31H31ClN4O2. The SMILES string of the molecule is CCCCN(CC(=O)N1c2ccccc2-n2cccc2C1c1ccc(Cl)cc1)C(=O)NCc1ccccc1. The number of halogens is 1. The van der Waals surface area contributed by atoms with Crippen LogP contribution in [0.15, 0.2) is 97.2 Å². The van der Waals surface area contributed by atoms with Gasteiger partial charge in [0.05, 0.1) is 17.1 Å². The number of carbonyl (C=O) groups excluding carboxylic acids is 2. The predicted molar refractivity (Wildman–Crippen MR) is 152 cm³/mol. The molecule has 2 heterocycles. The van der Waals surface area contributed by atoms with E-state index in [0.29, 0.717) is 18.1 Å². The van der Waals surface area contributed by atoms with Crippen molar-refractivity contribution in [3.63, 3.8) is 0 Å². The lowest BCUT2D eigenvalue weighted by atomic mass is 9.97. The van der Waals surface area contributed by atoms with Gasteiger partial charge in [-0.1, -0.05) is 79.5 Å². The van der Waals surface area contributed by atoms with Crippen LogP contribution < -0.4 is 10.2 Å². The largest absolute Gasteiger partial charge is 0.334 e. The van der Waals surface area contributed by atoms with Crippen molar-refractivity contribution >= 4 is 29.2 Å². The Morgan fingerprint density at radius 3 is 2.34 bits per heavy atom. The minimum absolute atomic E-state index is 0.0280. The third-order valence-electron chi connectivity index (χ3n) is 6.86. The number of amides is 3. The number of fused-ring (bicyclic) bond motifs is 3. The standard InChI is InChI=1S/C31H31ClN4O2/c1-2-3-19-34(31(38)33-21-23-10-5-4-6-11-23)22-29(37)36-27-13-8-7-12-26(27)35-20-9-14-28(35)30(36)24-15-17-25(32)18-16-24/h4-18,20,30H,2-3,19,21-22H2,1H3,(H,33,38). The molecule has 0 radical (unpaired) electrons. The molecule has 1 aromatic heterocycles. The molecule has 3 amide bonds. The van der Waals surface area contributed by atoms with E-state index in [2.05, 4.69) is 16.8 Å². The first-order valence-electron chi connectivity index (χ1n) is 13.0. The second-order valence-electron chi connectivity index (χ2n) is 9.43. The van der Waals surface area contributed by atoms with E-state index in [-0.39, 0.29) is 24.5 Å². The van der Waals surface area contributed by atoms with Gasteiger partial charge in [0.2, 0.25) is 5.91 Å². The van der Waals surface area contributed by atoms with Gasteiger partial charge in [-0.3, -0.25) is 9.69 Å². The molecule has 7 heteroatoms. The zero-order chi connectivity index (χ0) is 26.5. The number of nitrogens with zero attached hydrogens (tertiary/aromatic N) is 3. The van der Waals surface area contributed by atoms with Crippen molar-refractivity contribution in [3.8, 4) is 5.69 Å². The number of unbranched alkanes of at least 4 members (excludes halogenated alkanes) is 1. The predicted octanol–water partition coefficient (Wildman–Crippen LogP) is 6.58. The van der Waals surface area contributed by atoms with Gasteiger partial charge in [0.1, 0.15) is 12.6 Å². The molecule has 1 aliphatic rings. The summed E-state index contributed by atoms with van der Waals surface area (Å²) in [5, 5.41) is 3.63. The van der Waals surface area contributed by atoms with Gasteiger partial charge < -0.3 is 14.8 Å². The van der Waals surface area contributed by atoms with Gasteiger partial charge in [0.25, 0.3) is 0 Å². The highest BCUT2D eigenvalue weighted by molar-refractivity contribution is 6.30. The minimum atomic E-state index is -0.356. The molecule has 0 saturated heterocycles. The van der Waals surface area contributed by atoms with Crippen LogP contribution in [0.25, 0.3) is 5.69 Å². The van der Waals surface area contributed by atoms with Crippen molar-refractivity contribution in [1.29, 1.82) is 0 Å². The topological polar surface area (TPSA) is 57.6 Å². The highest BCUT2D eigenvalue weighted by atomic mass is 35.5. The van der Waals surface area contributed by atoms with Crippen molar-refractivity contribution in [1.82, 2.24) is 14.8 Å². The summed E-state index contributed by atoms with van der Waals surface area (Å²) in [5.41, 5.74) is 4.68. The quantitative estimate of drug-likeness (QED) is 0.282. The van der Waals surface area contributed by atoms with Crippen LogP contribution in [-0.4, -0.2) is 34.5 Å². The van der Waals surface area contributed by atoms with Gasteiger partial charge in [-0.15, -0.1) is 0 Å². The zero-order valence-electron chi connectivity index (χ0n) is 21.4. The first-order chi connectivity index (χ1) is 18.6. The molecule has 1 aliphatic heterocycles. The number of para-hydroxylation sites is 2. The normalized spacial score (nSPS) is 13.9. The number of aromatic nitrogens is 1. The van der Waals surface area contributed by atoms with Crippen molar-refractivity contribution in [2.45, 2.75) is 32.4 Å². The highest BCUT2D eigenvalue weighted by Crippen LogP contribution is 2.42.